The molecule has 1 N–H and O–H groups in total. The summed E-state index contributed by atoms with van der Waals surface area (Å²) in [6.45, 7) is 6.46. The third-order valence-electron chi connectivity index (χ3n) is 6.34. The van der Waals surface area contributed by atoms with Gasteiger partial charge in [-0.3, -0.25) is 0 Å². The highest BCUT2D eigenvalue weighted by atomic mass is 16.3. The van der Waals surface area contributed by atoms with Crippen molar-refractivity contribution in [2.75, 3.05) is 0 Å². The Morgan fingerprint density at radius 1 is 0.920 bits per heavy atom. The van der Waals surface area contributed by atoms with Crippen molar-refractivity contribution in [3.63, 3.8) is 0 Å². The quantitative estimate of drug-likeness (QED) is 0.490. The molecule has 1 saturated carbocycles. The van der Waals surface area contributed by atoms with Crippen molar-refractivity contribution in [2.24, 2.45) is 11.8 Å². The predicted octanol–water partition coefficient (Wildman–Crippen LogP) is 6.88. The Hall–Kier alpha value is -0.820. The van der Waals surface area contributed by atoms with Crippen molar-refractivity contribution < 1.29 is 5.11 Å². The molecule has 2 atom stereocenters. The van der Waals surface area contributed by atoms with Crippen molar-refractivity contribution >= 4 is 0 Å². The largest absolute Gasteiger partial charge is 0.393 e. The molecule has 1 nitrogen and oxygen atoms in total. The van der Waals surface area contributed by atoms with Crippen molar-refractivity contribution in [1.82, 2.24) is 0 Å². The Labute approximate surface area is 156 Å². The van der Waals surface area contributed by atoms with Crippen LogP contribution in [0.3, 0.4) is 0 Å². The van der Waals surface area contributed by atoms with Crippen molar-refractivity contribution in [2.45, 2.75) is 103 Å². The van der Waals surface area contributed by atoms with Crippen LogP contribution >= 0.6 is 0 Å². The third-order valence-corrected chi connectivity index (χ3v) is 6.34. The van der Waals surface area contributed by atoms with Crippen LogP contribution in [0.1, 0.15) is 102 Å². The molecule has 0 radical (unpaired) electrons. The first-order valence-electron chi connectivity index (χ1n) is 10.8. The van der Waals surface area contributed by atoms with Crippen LogP contribution < -0.4 is 0 Å². The van der Waals surface area contributed by atoms with Gasteiger partial charge < -0.3 is 5.11 Å². The van der Waals surface area contributed by atoms with Crippen molar-refractivity contribution in [1.29, 1.82) is 0 Å². The summed E-state index contributed by atoms with van der Waals surface area (Å²) in [5.74, 6) is 2.53. The average Bonchev–Trinajstić information content (AvgIpc) is 2.64. The van der Waals surface area contributed by atoms with Crippen LogP contribution in [0.5, 0.6) is 0 Å². The molecule has 1 aromatic rings. The summed E-state index contributed by atoms with van der Waals surface area (Å²) in [6.07, 6.45) is 14.5. The minimum Gasteiger partial charge on any atom is -0.393 e. The number of hydrogen-bond donors (Lipinski definition) is 1. The monoisotopic (exact) mass is 344 g/mol. The number of rotatable bonds is 10. The van der Waals surface area contributed by atoms with E-state index in [9.17, 15) is 5.11 Å². The van der Waals surface area contributed by atoms with Crippen LogP contribution in [0.15, 0.2) is 24.3 Å². The number of unbranched alkanes of at least 4 members (excludes halogenated alkanes) is 1. The smallest absolute Gasteiger partial charge is 0.0512 e. The minimum absolute atomic E-state index is 0.182. The van der Waals surface area contributed by atoms with Gasteiger partial charge in [-0.05, 0) is 61.5 Å². The average molecular weight is 345 g/mol. The van der Waals surface area contributed by atoms with E-state index >= 15 is 0 Å². The molecule has 142 valence electrons. The van der Waals surface area contributed by atoms with Crippen LogP contribution in [0, 0.1) is 11.8 Å². The summed E-state index contributed by atoms with van der Waals surface area (Å²) in [6, 6.07) is 9.29. The van der Waals surface area contributed by atoms with Gasteiger partial charge in [0.2, 0.25) is 0 Å². The highest BCUT2D eigenvalue weighted by molar-refractivity contribution is 5.25. The molecule has 0 spiro atoms. The van der Waals surface area contributed by atoms with Gasteiger partial charge in [0.15, 0.2) is 0 Å². The first-order chi connectivity index (χ1) is 12.1. The fourth-order valence-corrected chi connectivity index (χ4v) is 4.34. The zero-order valence-electron chi connectivity index (χ0n) is 16.8. The summed E-state index contributed by atoms with van der Waals surface area (Å²) in [5.41, 5.74) is 2.92. The van der Waals surface area contributed by atoms with Crippen LogP contribution in [0.2, 0.25) is 0 Å². The zero-order valence-corrected chi connectivity index (χ0v) is 16.8. The maximum atomic E-state index is 9.44. The van der Waals surface area contributed by atoms with Gasteiger partial charge in [0.25, 0.3) is 0 Å². The first kappa shape index (κ1) is 20.5. The lowest BCUT2D eigenvalue weighted by Gasteiger charge is -2.28. The van der Waals surface area contributed by atoms with E-state index < -0.39 is 0 Å². The second kappa shape index (κ2) is 11.0. The van der Waals surface area contributed by atoms with Crippen LogP contribution in [-0.2, 0) is 6.42 Å². The van der Waals surface area contributed by atoms with Gasteiger partial charge in [-0.25, -0.2) is 0 Å². The fourth-order valence-electron chi connectivity index (χ4n) is 4.34. The van der Waals surface area contributed by atoms with Crippen molar-refractivity contribution in [3.8, 4) is 0 Å². The zero-order chi connectivity index (χ0) is 18.1. The van der Waals surface area contributed by atoms with Gasteiger partial charge in [-0.2, -0.15) is 0 Å². The lowest BCUT2D eigenvalue weighted by atomic mass is 9.78. The lowest BCUT2D eigenvalue weighted by Crippen LogP contribution is -2.15. The maximum Gasteiger partial charge on any atom is 0.0512 e. The van der Waals surface area contributed by atoms with E-state index in [1.165, 1.54) is 68.9 Å². The summed E-state index contributed by atoms with van der Waals surface area (Å²) >= 11 is 0. The summed E-state index contributed by atoms with van der Waals surface area (Å²) in [4.78, 5) is 0. The van der Waals surface area contributed by atoms with E-state index in [4.69, 9.17) is 0 Å². The van der Waals surface area contributed by atoms with E-state index in [0.717, 1.165) is 24.7 Å². The second-order valence-electron chi connectivity index (χ2n) is 8.64. The van der Waals surface area contributed by atoms with Gasteiger partial charge in [0.1, 0.15) is 0 Å². The van der Waals surface area contributed by atoms with Crippen molar-refractivity contribution in [3.05, 3.63) is 35.4 Å². The number of aliphatic hydroxyl groups excluding tert-OH is 1. The molecule has 1 fully saturated rings. The van der Waals surface area contributed by atoms with Crippen LogP contribution in [-0.4, -0.2) is 11.2 Å². The molecular weight excluding hydrogens is 304 g/mol. The Balaban J connectivity index is 1.69. The molecule has 25 heavy (non-hydrogen) atoms. The highest BCUT2D eigenvalue weighted by Crippen LogP contribution is 2.34. The molecule has 2 unspecified atom stereocenters. The lowest BCUT2D eigenvalue weighted by molar-refractivity contribution is 0.179. The van der Waals surface area contributed by atoms with E-state index in [1.54, 1.807) is 0 Å². The summed E-state index contributed by atoms with van der Waals surface area (Å²) in [7, 11) is 0. The van der Waals surface area contributed by atoms with Gasteiger partial charge >= 0.3 is 0 Å². The van der Waals surface area contributed by atoms with Gasteiger partial charge in [0, 0.05) is 0 Å². The third kappa shape index (κ3) is 7.52. The Bertz CT molecular complexity index is 453. The molecule has 0 bridgehead atoms. The normalized spacial score (nSPS) is 23.4. The molecule has 1 aromatic carbocycles. The molecule has 1 aliphatic carbocycles. The first-order valence-corrected chi connectivity index (χ1v) is 10.8. The van der Waals surface area contributed by atoms with Gasteiger partial charge in [-0.15, -0.1) is 0 Å². The van der Waals surface area contributed by atoms with Gasteiger partial charge in [-0.1, -0.05) is 83.1 Å². The van der Waals surface area contributed by atoms with E-state index in [0.29, 0.717) is 5.92 Å². The molecule has 1 aliphatic rings. The molecule has 2 rings (SSSR count). The molecule has 1 heteroatoms. The van der Waals surface area contributed by atoms with E-state index in [-0.39, 0.29) is 6.10 Å². The molecule has 0 heterocycles. The summed E-state index contributed by atoms with van der Waals surface area (Å²) in [5, 5.41) is 9.44. The summed E-state index contributed by atoms with van der Waals surface area (Å²) < 4.78 is 0. The molecule has 0 saturated heterocycles. The topological polar surface area (TPSA) is 20.2 Å². The molecular formula is C24H40O. The SMILES string of the molecule is CCCCC1CCC(CCc2ccc(C(C)CCC(C)O)cc2)CC1. The maximum absolute atomic E-state index is 9.44. The van der Waals surface area contributed by atoms with E-state index in [2.05, 4.69) is 38.1 Å². The highest BCUT2D eigenvalue weighted by Gasteiger charge is 2.20. The number of aliphatic hydroxyl groups is 1. The standard InChI is InChI=1S/C24H40O/c1-4-5-6-21-9-11-22(12-10-21)13-14-23-15-17-24(18-16-23)19(2)7-8-20(3)25/h15-22,25H,4-14H2,1-3H3. The predicted molar refractivity (Wildman–Crippen MR) is 109 cm³/mol. The molecule has 0 aromatic heterocycles. The Kier molecular flexibility index (Phi) is 9.03. The number of benzene rings is 1. The fraction of sp³-hybridized carbons (Fsp3) is 0.750. The number of aryl methyl sites for hydroxylation is 1. The second-order valence-corrected chi connectivity index (χ2v) is 8.64. The molecule has 0 amide bonds. The van der Waals surface area contributed by atoms with Crippen LogP contribution in [0.4, 0.5) is 0 Å². The van der Waals surface area contributed by atoms with Gasteiger partial charge in [0.05, 0.1) is 6.10 Å². The Morgan fingerprint density at radius 2 is 1.52 bits per heavy atom. The molecule has 0 aliphatic heterocycles. The van der Waals surface area contributed by atoms with Crippen LogP contribution in [0.25, 0.3) is 0 Å². The minimum atomic E-state index is -0.182. The van der Waals surface area contributed by atoms with E-state index in [1.807, 2.05) is 6.92 Å². The number of hydrogen-bond acceptors (Lipinski definition) is 1. The Morgan fingerprint density at radius 3 is 2.08 bits per heavy atom.